The van der Waals surface area contributed by atoms with Gasteiger partial charge in [0.2, 0.25) is 0 Å². The maximum Gasteiger partial charge on any atom is 0.326 e. The second-order valence-electron chi connectivity index (χ2n) is 7.80. The maximum absolute atomic E-state index is 12.7. The van der Waals surface area contributed by atoms with Gasteiger partial charge in [-0.2, -0.15) is 23.3 Å². The van der Waals surface area contributed by atoms with Gasteiger partial charge < -0.3 is 7.43 Å². The number of hydrogen-bond acceptors (Lipinski definition) is 3. The molecule has 0 saturated heterocycles. The average Bonchev–Trinajstić information content (AvgIpc) is 3.12. The van der Waals surface area contributed by atoms with Crippen LogP contribution in [-0.2, 0) is 38.1 Å². The van der Waals surface area contributed by atoms with Crippen molar-refractivity contribution < 1.29 is 37.5 Å². The molecule has 2 heterocycles. The van der Waals surface area contributed by atoms with E-state index in [2.05, 4.69) is 42.5 Å². The van der Waals surface area contributed by atoms with Gasteiger partial charge in [-0.25, -0.2) is 14.5 Å². The van der Waals surface area contributed by atoms with Gasteiger partial charge in [-0.05, 0) is 23.9 Å². The average molecular weight is 488 g/mol. The molecule has 0 fully saturated rings. The van der Waals surface area contributed by atoms with Gasteiger partial charge in [-0.15, -0.1) is 12.1 Å². The SMILES string of the molecule is CC(C)(C)c1cc(NC(=O)Nc2ccc3ccccc3n2)n(-c2cc[c-]cc2)n1.[CH3-].[Y]. The fourth-order valence-corrected chi connectivity index (χ4v) is 2.95. The Hall–Kier alpha value is -2.57. The van der Waals surface area contributed by atoms with E-state index < -0.39 is 0 Å². The Morgan fingerprint density at radius 2 is 1.71 bits per heavy atom. The van der Waals surface area contributed by atoms with Gasteiger partial charge in [0.15, 0.2) is 0 Å². The second kappa shape index (κ2) is 10.2. The number of urea groups is 1. The fourth-order valence-electron chi connectivity index (χ4n) is 2.95. The van der Waals surface area contributed by atoms with Crippen LogP contribution in [0.2, 0.25) is 0 Å². The van der Waals surface area contributed by atoms with Gasteiger partial charge in [-0.1, -0.05) is 39.0 Å². The predicted octanol–water partition coefficient (Wildman–Crippen LogP) is 5.61. The van der Waals surface area contributed by atoms with Crippen molar-refractivity contribution in [3.63, 3.8) is 0 Å². The number of anilines is 2. The predicted molar refractivity (Wildman–Crippen MR) is 122 cm³/mol. The summed E-state index contributed by atoms with van der Waals surface area (Å²) in [5, 5.41) is 11.4. The first-order valence-corrected chi connectivity index (χ1v) is 9.41. The quantitative estimate of drug-likeness (QED) is 0.369. The molecule has 0 unspecified atom stereocenters. The van der Waals surface area contributed by atoms with Crippen molar-refractivity contribution in [2.24, 2.45) is 0 Å². The van der Waals surface area contributed by atoms with Crippen molar-refractivity contribution in [2.75, 3.05) is 10.6 Å². The molecule has 6 nitrogen and oxygen atoms in total. The van der Waals surface area contributed by atoms with Crippen molar-refractivity contribution in [1.29, 1.82) is 0 Å². The summed E-state index contributed by atoms with van der Waals surface area (Å²) in [6.07, 6.45) is 0. The summed E-state index contributed by atoms with van der Waals surface area (Å²) in [6.45, 7) is 6.25. The molecule has 7 heteroatoms. The fraction of sp³-hybridized carbons (Fsp3) is 0.167. The molecule has 0 atom stereocenters. The molecule has 4 aromatic rings. The first-order chi connectivity index (χ1) is 13.9. The van der Waals surface area contributed by atoms with E-state index in [-0.39, 0.29) is 51.6 Å². The number of rotatable bonds is 3. The molecule has 0 aliphatic carbocycles. The van der Waals surface area contributed by atoms with Crippen molar-refractivity contribution >= 4 is 28.6 Å². The third-order valence-electron chi connectivity index (χ3n) is 4.50. The molecular weight excluding hydrogens is 463 g/mol. The van der Waals surface area contributed by atoms with E-state index in [9.17, 15) is 4.79 Å². The van der Waals surface area contributed by atoms with Gasteiger partial charge in [0, 0.05) is 49.6 Å². The Bertz CT molecular complexity index is 1170. The van der Waals surface area contributed by atoms with E-state index in [4.69, 9.17) is 5.10 Å². The molecule has 0 spiro atoms. The van der Waals surface area contributed by atoms with Crippen LogP contribution in [0.3, 0.4) is 0 Å². The summed E-state index contributed by atoms with van der Waals surface area (Å²) in [4.78, 5) is 17.1. The minimum Gasteiger partial charge on any atom is -0.358 e. The van der Waals surface area contributed by atoms with E-state index >= 15 is 0 Å². The summed E-state index contributed by atoms with van der Waals surface area (Å²) >= 11 is 0. The smallest absolute Gasteiger partial charge is 0.326 e. The van der Waals surface area contributed by atoms with E-state index in [0.29, 0.717) is 11.6 Å². The summed E-state index contributed by atoms with van der Waals surface area (Å²) in [7, 11) is 0. The minimum absolute atomic E-state index is 0. The standard InChI is InChI=1S/C23H22N5O.CH3.Y/c1-23(2,3)19-15-21(28(27-19)17-10-5-4-6-11-17)26-22(29)25-20-14-13-16-9-7-8-12-18(16)24-20;;/h5-15H,1-3H3,(H2,24,25,26,29);1H3;/q2*-1;. The van der Waals surface area contributed by atoms with Gasteiger partial charge in [-0.3, -0.25) is 10.6 Å². The summed E-state index contributed by atoms with van der Waals surface area (Å²) in [5.41, 5.74) is 2.40. The summed E-state index contributed by atoms with van der Waals surface area (Å²) < 4.78 is 1.72. The van der Waals surface area contributed by atoms with Crippen LogP contribution in [0.4, 0.5) is 16.4 Å². The summed E-state index contributed by atoms with van der Waals surface area (Å²) in [5.74, 6) is 1.07. The topological polar surface area (TPSA) is 71.8 Å². The van der Waals surface area contributed by atoms with Gasteiger partial charge >= 0.3 is 6.03 Å². The third-order valence-corrected chi connectivity index (χ3v) is 4.50. The number of nitrogens with zero attached hydrogens (tertiary/aromatic N) is 3. The van der Waals surface area contributed by atoms with Crippen LogP contribution in [0.1, 0.15) is 26.5 Å². The van der Waals surface area contributed by atoms with Gasteiger partial charge in [0.1, 0.15) is 11.6 Å². The number of hydrogen-bond donors (Lipinski definition) is 2. The Morgan fingerprint density at radius 3 is 2.42 bits per heavy atom. The molecular formula is C24H25N5OY-2. The van der Waals surface area contributed by atoms with Crippen molar-refractivity contribution in [2.45, 2.75) is 26.2 Å². The van der Waals surface area contributed by atoms with E-state index in [1.807, 2.05) is 60.7 Å². The van der Waals surface area contributed by atoms with Crippen LogP contribution in [0.5, 0.6) is 0 Å². The van der Waals surface area contributed by atoms with Crippen LogP contribution in [0.15, 0.2) is 66.7 Å². The van der Waals surface area contributed by atoms with E-state index in [0.717, 1.165) is 22.3 Å². The number of pyridine rings is 1. The molecule has 2 amide bonds. The van der Waals surface area contributed by atoms with Crippen molar-refractivity contribution in [3.05, 3.63) is 85.9 Å². The minimum atomic E-state index is -0.378. The number of amides is 2. The van der Waals surface area contributed by atoms with Gasteiger partial charge in [0.25, 0.3) is 0 Å². The van der Waals surface area contributed by atoms with Crippen LogP contribution >= 0.6 is 0 Å². The largest absolute Gasteiger partial charge is 0.358 e. The molecule has 157 valence electrons. The number of carbonyl (C=O) groups is 1. The first-order valence-electron chi connectivity index (χ1n) is 9.41. The normalized spacial score (nSPS) is 10.7. The zero-order valence-electron chi connectivity index (χ0n) is 18.2. The number of para-hydroxylation sites is 1. The number of aromatic nitrogens is 3. The van der Waals surface area contributed by atoms with Crippen LogP contribution in [-0.4, -0.2) is 20.8 Å². The molecule has 2 N–H and O–H groups in total. The first kappa shape index (κ1) is 24.7. The molecule has 0 aliphatic heterocycles. The van der Waals surface area contributed by atoms with Crippen LogP contribution in [0, 0.1) is 13.5 Å². The molecule has 1 radical (unpaired) electrons. The third kappa shape index (κ3) is 5.78. The summed E-state index contributed by atoms with van der Waals surface area (Å²) in [6, 6.07) is 23.4. The number of nitrogens with one attached hydrogen (secondary N) is 2. The van der Waals surface area contributed by atoms with Crippen molar-refractivity contribution in [3.8, 4) is 5.69 Å². The molecule has 0 aliphatic rings. The maximum atomic E-state index is 12.7. The second-order valence-corrected chi connectivity index (χ2v) is 7.80. The van der Waals surface area contributed by atoms with Crippen LogP contribution in [0.25, 0.3) is 16.6 Å². The van der Waals surface area contributed by atoms with E-state index in [1.54, 1.807) is 10.7 Å². The molecule has 4 rings (SSSR count). The number of fused-ring (bicyclic) bond motifs is 1. The number of carbonyl (C=O) groups excluding carboxylic acids is 1. The van der Waals surface area contributed by atoms with Crippen LogP contribution < -0.4 is 10.6 Å². The molecule has 2 aromatic carbocycles. The monoisotopic (exact) mass is 488 g/mol. The Kier molecular flexibility index (Phi) is 8.10. The van der Waals surface area contributed by atoms with Crippen molar-refractivity contribution in [1.82, 2.24) is 14.8 Å². The molecule has 2 aromatic heterocycles. The zero-order valence-corrected chi connectivity index (χ0v) is 21.0. The van der Waals surface area contributed by atoms with Gasteiger partial charge in [0.05, 0.1) is 11.2 Å². The van der Waals surface area contributed by atoms with E-state index in [1.165, 1.54) is 0 Å². The molecule has 31 heavy (non-hydrogen) atoms. The number of benzene rings is 2. The Balaban J connectivity index is 0.00000171. The molecule has 0 saturated carbocycles. The molecule has 0 bridgehead atoms. The zero-order chi connectivity index (χ0) is 20.4. The Labute approximate surface area is 208 Å². The Morgan fingerprint density at radius 1 is 1.00 bits per heavy atom.